The maximum absolute atomic E-state index is 13.3. The molecule has 1 saturated carbocycles. The second kappa shape index (κ2) is 12.7. The zero-order valence-electron chi connectivity index (χ0n) is 20.7. The van der Waals surface area contributed by atoms with Gasteiger partial charge in [-0.25, -0.2) is 8.42 Å². The minimum absolute atomic E-state index is 0.136. The van der Waals surface area contributed by atoms with Gasteiger partial charge in [-0.15, -0.1) is 0 Å². The summed E-state index contributed by atoms with van der Waals surface area (Å²) in [5, 5.41) is 3.14. The van der Waals surface area contributed by atoms with Crippen molar-refractivity contribution in [3.05, 3.63) is 66.2 Å². The van der Waals surface area contributed by atoms with E-state index in [9.17, 15) is 18.0 Å². The number of hydrogen-bond donors (Lipinski definition) is 1. The summed E-state index contributed by atoms with van der Waals surface area (Å²) in [5.74, 6) is -0.301. The molecular weight excluding hydrogens is 462 g/mol. The van der Waals surface area contributed by atoms with Crippen LogP contribution >= 0.6 is 0 Å². The number of anilines is 1. The molecular formula is C27H37N3O4S. The van der Waals surface area contributed by atoms with Gasteiger partial charge in [-0.1, -0.05) is 67.8 Å². The third-order valence-electron chi connectivity index (χ3n) is 6.51. The number of rotatable bonds is 11. The lowest BCUT2D eigenvalue weighted by atomic mass is 9.95. The molecule has 35 heavy (non-hydrogen) atoms. The minimum Gasteiger partial charge on any atom is -0.352 e. The summed E-state index contributed by atoms with van der Waals surface area (Å²) in [5.41, 5.74) is 1.52. The Balaban J connectivity index is 1.67. The molecule has 2 aromatic carbocycles. The Kier molecular flexibility index (Phi) is 9.72. The van der Waals surface area contributed by atoms with E-state index in [1.54, 1.807) is 36.1 Å². The topological polar surface area (TPSA) is 86.8 Å². The minimum atomic E-state index is -3.49. The molecule has 7 nitrogen and oxygen atoms in total. The Morgan fingerprint density at radius 3 is 2.17 bits per heavy atom. The van der Waals surface area contributed by atoms with E-state index < -0.39 is 16.1 Å². The molecule has 1 aliphatic rings. The molecule has 0 aromatic heterocycles. The van der Waals surface area contributed by atoms with Gasteiger partial charge in [0.15, 0.2) is 0 Å². The maximum atomic E-state index is 13.3. The molecule has 1 aliphatic carbocycles. The van der Waals surface area contributed by atoms with Crippen LogP contribution < -0.4 is 9.62 Å². The van der Waals surface area contributed by atoms with Crippen molar-refractivity contribution in [2.24, 2.45) is 0 Å². The van der Waals surface area contributed by atoms with Gasteiger partial charge in [0.1, 0.15) is 6.04 Å². The Bertz CT molecular complexity index is 1050. The molecule has 0 heterocycles. The van der Waals surface area contributed by atoms with Gasteiger partial charge in [0, 0.05) is 25.6 Å². The Morgan fingerprint density at radius 1 is 0.971 bits per heavy atom. The van der Waals surface area contributed by atoms with E-state index in [1.165, 1.54) is 17.0 Å². The Labute approximate surface area is 209 Å². The van der Waals surface area contributed by atoms with Gasteiger partial charge < -0.3 is 10.2 Å². The van der Waals surface area contributed by atoms with Gasteiger partial charge in [-0.05, 0) is 43.9 Å². The molecule has 0 aliphatic heterocycles. The second-order valence-corrected chi connectivity index (χ2v) is 11.2. The van der Waals surface area contributed by atoms with Gasteiger partial charge in [0.25, 0.3) is 0 Å². The first-order valence-electron chi connectivity index (χ1n) is 12.4. The number of amides is 2. The van der Waals surface area contributed by atoms with Crippen LogP contribution in [0.5, 0.6) is 0 Å². The molecule has 1 fully saturated rings. The van der Waals surface area contributed by atoms with E-state index in [0.29, 0.717) is 18.7 Å². The molecule has 190 valence electrons. The molecule has 3 rings (SSSR count). The number of para-hydroxylation sites is 1. The largest absolute Gasteiger partial charge is 0.352 e. The number of nitrogens with zero attached hydrogens (tertiary/aromatic N) is 2. The normalized spacial score (nSPS) is 15.3. The highest BCUT2D eigenvalue weighted by Gasteiger charge is 2.28. The fourth-order valence-corrected chi connectivity index (χ4v) is 5.50. The van der Waals surface area contributed by atoms with Crippen molar-refractivity contribution in [2.45, 2.75) is 70.5 Å². The van der Waals surface area contributed by atoms with Gasteiger partial charge in [-0.3, -0.25) is 13.9 Å². The third kappa shape index (κ3) is 8.09. The van der Waals surface area contributed by atoms with E-state index in [0.717, 1.165) is 31.2 Å². The molecule has 0 saturated heterocycles. The van der Waals surface area contributed by atoms with Crippen LogP contribution in [0.15, 0.2) is 60.7 Å². The standard InChI is InChI=1S/C27H37N3O4S/c1-22(27(32)28-24-15-8-4-9-16-24)29(21-23-13-6-3-7-14-23)26(31)19-12-20-30(35(2,33)34)25-17-10-5-11-18-25/h3,5-7,10-11,13-14,17-18,22,24H,4,8-9,12,15-16,19-21H2,1-2H3,(H,28,32). The number of hydrogen-bond acceptors (Lipinski definition) is 4. The SMILES string of the molecule is CC(C(=O)NC1CCCCC1)N(Cc1ccccc1)C(=O)CCCN(c1ccccc1)S(C)(=O)=O. The summed E-state index contributed by atoms with van der Waals surface area (Å²) < 4.78 is 26.0. The van der Waals surface area contributed by atoms with Crippen LogP contribution in [0.1, 0.15) is 57.4 Å². The first-order chi connectivity index (χ1) is 16.8. The van der Waals surface area contributed by atoms with Crippen LogP contribution in [0.3, 0.4) is 0 Å². The van der Waals surface area contributed by atoms with Crippen LogP contribution in [-0.4, -0.2) is 50.0 Å². The van der Waals surface area contributed by atoms with Crippen molar-refractivity contribution in [1.82, 2.24) is 10.2 Å². The van der Waals surface area contributed by atoms with E-state index in [2.05, 4.69) is 5.32 Å². The number of carbonyl (C=O) groups excluding carboxylic acids is 2. The molecule has 1 N–H and O–H groups in total. The molecule has 0 spiro atoms. The highest BCUT2D eigenvalue weighted by Crippen LogP contribution is 2.20. The number of carbonyl (C=O) groups is 2. The molecule has 0 radical (unpaired) electrons. The van der Waals surface area contributed by atoms with Crippen molar-refractivity contribution in [1.29, 1.82) is 0 Å². The van der Waals surface area contributed by atoms with Crippen molar-refractivity contribution >= 4 is 27.5 Å². The maximum Gasteiger partial charge on any atom is 0.242 e. The van der Waals surface area contributed by atoms with Crippen molar-refractivity contribution in [2.75, 3.05) is 17.1 Å². The predicted molar refractivity (Wildman–Crippen MR) is 139 cm³/mol. The van der Waals surface area contributed by atoms with Crippen molar-refractivity contribution in [3.63, 3.8) is 0 Å². The van der Waals surface area contributed by atoms with Gasteiger partial charge in [0.05, 0.1) is 11.9 Å². The van der Waals surface area contributed by atoms with E-state index in [1.807, 2.05) is 36.4 Å². The molecule has 0 bridgehead atoms. The average Bonchev–Trinajstić information content (AvgIpc) is 2.85. The van der Waals surface area contributed by atoms with Crippen LogP contribution in [0.2, 0.25) is 0 Å². The first kappa shape index (κ1) is 26.7. The summed E-state index contributed by atoms with van der Waals surface area (Å²) >= 11 is 0. The van der Waals surface area contributed by atoms with Crippen LogP contribution in [0.4, 0.5) is 5.69 Å². The van der Waals surface area contributed by atoms with E-state index >= 15 is 0 Å². The molecule has 1 atom stereocenters. The highest BCUT2D eigenvalue weighted by molar-refractivity contribution is 7.92. The quantitative estimate of drug-likeness (QED) is 0.504. The summed E-state index contributed by atoms with van der Waals surface area (Å²) in [6, 6.07) is 18.0. The number of benzene rings is 2. The lowest BCUT2D eigenvalue weighted by molar-refractivity contribution is -0.141. The van der Waals surface area contributed by atoms with Gasteiger partial charge in [-0.2, -0.15) is 0 Å². The van der Waals surface area contributed by atoms with Crippen molar-refractivity contribution < 1.29 is 18.0 Å². The second-order valence-electron chi connectivity index (χ2n) is 9.30. The fraction of sp³-hybridized carbons (Fsp3) is 0.481. The average molecular weight is 500 g/mol. The highest BCUT2D eigenvalue weighted by atomic mass is 32.2. The zero-order chi connectivity index (χ0) is 25.3. The van der Waals surface area contributed by atoms with Gasteiger partial charge in [0.2, 0.25) is 21.8 Å². The van der Waals surface area contributed by atoms with E-state index in [4.69, 9.17) is 0 Å². The van der Waals surface area contributed by atoms with Gasteiger partial charge >= 0.3 is 0 Å². The molecule has 2 aromatic rings. The van der Waals surface area contributed by atoms with E-state index in [-0.39, 0.29) is 30.8 Å². The number of sulfonamides is 1. The summed E-state index contributed by atoms with van der Waals surface area (Å²) in [7, 11) is -3.49. The first-order valence-corrected chi connectivity index (χ1v) is 14.3. The Hall–Kier alpha value is -2.87. The zero-order valence-corrected chi connectivity index (χ0v) is 21.5. The van der Waals surface area contributed by atoms with Crippen LogP contribution in [0.25, 0.3) is 0 Å². The molecule has 8 heteroatoms. The Morgan fingerprint density at radius 2 is 1.57 bits per heavy atom. The summed E-state index contributed by atoms with van der Waals surface area (Å²) in [6.45, 7) is 2.29. The molecule has 1 unspecified atom stereocenters. The smallest absolute Gasteiger partial charge is 0.242 e. The fourth-order valence-electron chi connectivity index (χ4n) is 4.53. The summed E-state index contributed by atoms with van der Waals surface area (Å²) in [4.78, 5) is 28.0. The number of nitrogens with one attached hydrogen (secondary N) is 1. The lowest BCUT2D eigenvalue weighted by Gasteiger charge is -2.31. The summed E-state index contributed by atoms with van der Waals surface area (Å²) in [6.07, 6.45) is 7.05. The lowest BCUT2D eigenvalue weighted by Crippen LogP contribution is -2.50. The molecule has 2 amide bonds. The monoisotopic (exact) mass is 499 g/mol. The van der Waals surface area contributed by atoms with Crippen LogP contribution in [0, 0.1) is 0 Å². The third-order valence-corrected chi connectivity index (χ3v) is 7.71. The predicted octanol–water partition coefficient (Wildman–Crippen LogP) is 4.10. The van der Waals surface area contributed by atoms with Crippen molar-refractivity contribution in [3.8, 4) is 0 Å². The van der Waals surface area contributed by atoms with Crippen LogP contribution in [-0.2, 0) is 26.2 Å².